The fraction of sp³-hybridized carbons (Fsp3) is 0.650. The van der Waals surface area contributed by atoms with Crippen LogP contribution in [-0.2, 0) is 11.2 Å². The number of carboxylic acids is 1. The molecule has 0 heterocycles. The van der Waals surface area contributed by atoms with Gasteiger partial charge in [0.15, 0.2) is 0 Å². The first-order chi connectivity index (χ1) is 12.0. The lowest BCUT2D eigenvalue weighted by atomic mass is 9.84. The summed E-state index contributed by atoms with van der Waals surface area (Å²) in [6.07, 6.45) is 7.87. The van der Waals surface area contributed by atoms with Gasteiger partial charge < -0.3 is 10.4 Å². The van der Waals surface area contributed by atoms with Gasteiger partial charge in [-0.05, 0) is 62.8 Å². The molecule has 0 aliphatic heterocycles. The van der Waals surface area contributed by atoms with Crippen LogP contribution in [0.1, 0.15) is 38.2 Å². The molecule has 0 saturated heterocycles. The second-order valence-corrected chi connectivity index (χ2v) is 8.52. The van der Waals surface area contributed by atoms with Crippen molar-refractivity contribution in [3.8, 4) is 0 Å². The molecule has 0 bridgehead atoms. The fourth-order valence-corrected chi connectivity index (χ4v) is 4.46. The minimum absolute atomic E-state index is 0.199. The predicted molar refractivity (Wildman–Crippen MR) is 103 cm³/mol. The van der Waals surface area contributed by atoms with Crippen molar-refractivity contribution in [2.24, 2.45) is 5.92 Å². The Morgan fingerprint density at radius 1 is 1.36 bits per heavy atom. The number of benzene rings is 1. The Hall–Kier alpha value is -1.04. The van der Waals surface area contributed by atoms with Gasteiger partial charge in [0.1, 0.15) is 0 Å². The summed E-state index contributed by atoms with van der Waals surface area (Å²) in [4.78, 5) is 14.7. The highest BCUT2D eigenvalue weighted by molar-refractivity contribution is 7.98. The fourth-order valence-electron chi connectivity index (χ4n) is 3.83. The number of aliphatic carboxylic acids is 1. The van der Waals surface area contributed by atoms with Crippen LogP contribution in [0.25, 0.3) is 0 Å². The maximum Gasteiger partial charge on any atom is 0.317 e. The molecule has 5 heteroatoms. The summed E-state index contributed by atoms with van der Waals surface area (Å²) >= 11 is 1.81. The average Bonchev–Trinajstić information content (AvgIpc) is 3.34. The number of hydrogen-bond donors (Lipinski definition) is 2. The van der Waals surface area contributed by atoms with Crippen molar-refractivity contribution < 1.29 is 9.90 Å². The molecule has 138 valence electrons. The summed E-state index contributed by atoms with van der Waals surface area (Å²) in [5.74, 6) is 0.0485. The molecule has 2 aliphatic rings. The first kappa shape index (κ1) is 18.7. The molecule has 2 N–H and O–H groups in total. The van der Waals surface area contributed by atoms with E-state index in [9.17, 15) is 4.79 Å². The third kappa shape index (κ3) is 5.47. The number of thioether (sulfide) groups is 1. The highest BCUT2D eigenvalue weighted by Gasteiger charge is 2.37. The quantitative estimate of drug-likeness (QED) is 0.626. The van der Waals surface area contributed by atoms with Crippen molar-refractivity contribution in [3.63, 3.8) is 0 Å². The van der Waals surface area contributed by atoms with E-state index in [1.165, 1.54) is 23.3 Å². The molecule has 3 rings (SSSR count). The maximum absolute atomic E-state index is 11.1. The lowest BCUT2D eigenvalue weighted by Crippen LogP contribution is -2.56. The Morgan fingerprint density at radius 3 is 2.72 bits per heavy atom. The maximum atomic E-state index is 11.1. The molecule has 1 aromatic rings. The molecule has 2 aliphatic carbocycles. The highest BCUT2D eigenvalue weighted by Crippen LogP contribution is 2.34. The van der Waals surface area contributed by atoms with Crippen LogP contribution < -0.4 is 5.32 Å². The molecule has 1 unspecified atom stereocenters. The van der Waals surface area contributed by atoms with Crippen LogP contribution in [0, 0.1) is 5.92 Å². The second-order valence-electron chi connectivity index (χ2n) is 7.67. The number of carbonyl (C=O) groups is 1. The van der Waals surface area contributed by atoms with Crippen molar-refractivity contribution in [1.82, 2.24) is 10.2 Å². The molecule has 1 atom stereocenters. The summed E-state index contributed by atoms with van der Waals surface area (Å²) in [5, 5.41) is 12.9. The summed E-state index contributed by atoms with van der Waals surface area (Å²) in [6, 6.07) is 10.0. The average molecular weight is 363 g/mol. The number of rotatable bonds is 10. The van der Waals surface area contributed by atoms with Gasteiger partial charge in [0.2, 0.25) is 0 Å². The monoisotopic (exact) mass is 362 g/mol. The van der Waals surface area contributed by atoms with Crippen molar-refractivity contribution in [1.29, 1.82) is 0 Å². The molecule has 1 aromatic carbocycles. The van der Waals surface area contributed by atoms with Gasteiger partial charge in [0, 0.05) is 29.6 Å². The van der Waals surface area contributed by atoms with E-state index in [0.29, 0.717) is 18.1 Å². The largest absolute Gasteiger partial charge is 0.480 e. The van der Waals surface area contributed by atoms with Crippen molar-refractivity contribution >= 4 is 17.7 Å². The normalized spacial score (nSPS) is 24.1. The molecular formula is C20H30N2O2S. The smallest absolute Gasteiger partial charge is 0.317 e. The Bertz CT molecular complexity index is 585. The van der Waals surface area contributed by atoms with Gasteiger partial charge in [-0.2, -0.15) is 0 Å². The highest BCUT2D eigenvalue weighted by atomic mass is 32.2. The first-order valence-electron chi connectivity index (χ1n) is 9.39. The van der Waals surface area contributed by atoms with Crippen LogP contribution in [0.4, 0.5) is 0 Å². The van der Waals surface area contributed by atoms with E-state index in [-0.39, 0.29) is 6.54 Å². The van der Waals surface area contributed by atoms with E-state index in [2.05, 4.69) is 47.7 Å². The Balaban J connectivity index is 1.44. The van der Waals surface area contributed by atoms with Crippen LogP contribution in [0.5, 0.6) is 0 Å². The second kappa shape index (κ2) is 8.56. The third-order valence-electron chi connectivity index (χ3n) is 5.40. The lowest BCUT2D eigenvalue weighted by molar-refractivity contribution is -0.139. The number of nitrogens with one attached hydrogen (secondary N) is 1. The Kier molecular flexibility index (Phi) is 6.42. The van der Waals surface area contributed by atoms with Crippen LogP contribution in [0.15, 0.2) is 29.2 Å². The van der Waals surface area contributed by atoms with Gasteiger partial charge in [-0.25, -0.2) is 0 Å². The van der Waals surface area contributed by atoms with E-state index in [0.717, 1.165) is 31.7 Å². The molecule has 4 nitrogen and oxygen atoms in total. The topological polar surface area (TPSA) is 52.6 Å². The van der Waals surface area contributed by atoms with Crippen molar-refractivity contribution in [2.45, 2.75) is 62.0 Å². The number of carboxylic acid groups (broad SMARTS) is 1. The van der Waals surface area contributed by atoms with Crippen molar-refractivity contribution in [3.05, 3.63) is 29.8 Å². The van der Waals surface area contributed by atoms with E-state index in [4.69, 9.17) is 5.11 Å². The first-order valence-corrected chi connectivity index (χ1v) is 10.6. The molecule has 0 aromatic heterocycles. The summed E-state index contributed by atoms with van der Waals surface area (Å²) in [6.45, 7) is 3.43. The SMILES string of the molecule is CSc1ccccc1CC(C)NC1CC(N(CC(=O)O)CC2CC2)C1. The molecular weight excluding hydrogens is 332 g/mol. The standard InChI is InChI=1S/C20H30N2O2S/c1-14(9-16-5-3-4-6-19(16)25-2)21-17-10-18(11-17)22(13-20(23)24)12-15-7-8-15/h3-6,14-15,17-18,21H,7-13H2,1-2H3,(H,23,24). The van der Waals surface area contributed by atoms with E-state index >= 15 is 0 Å². The van der Waals surface area contributed by atoms with Gasteiger partial charge >= 0.3 is 5.97 Å². The number of hydrogen-bond acceptors (Lipinski definition) is 4. The predicted octanol–water partition coefficient (Wildman–Crippen LogP) is 3.26. The van der Waals surface area contributed by atoms with Crippen LogP contribution in [-0.4, -0.2) is 53.4 Å². The van der Waals surface area contributed by atoms with Gasteiger partial charge in [-0.3, -0.25) is 9.69 Å². The van der Waals surface area contributed by atoms with Crippen LogP contribution >= 0.6 is 11.8 Å². The van der Waals surface area contributed by atoms with E-state index in [1.807, 2.05) is 11.8 Å². The zero-order valence-electron chi connectivity index (χ0n) is 15.3. The zero-order valence-corrected chi connectivity index (χ0v) is 16.1. The van der Waals surface area contributed by atoms with E-state index in [1.54, 1.807) is 0 Å². The summed E-state index contributed by atoms with van der Waals surface area (Å²) in [5.41, 5.74) is 1.41. The molecule has 0 spiro atoms. The van der Waals surface area contributed by atoms with Crippen molar-refractivity contribution in [2.75, 3.05) is 19.3 Å². The van der Waals surface area contributed by atoms with Crippen LogP contribution in [0.3, 0.4) is 0 Å². The third-order valence-corrected chi connectivity index (χ3v) is 6.23. The van der Waals surface area contributed by atoms with Gasteiger partial charge in [-0.15, -0.1) is 11.8 Å². The number of nitrogens with zero attached hydrogens (tertiary/aromatic N) is 1. The Labute approximate surface area is 155 Å². The lowest BCUT2D eigenvalue weighted by Gasteiger charge is -2.44. The minimum Gasteiger partial charge on any atom is -0.480 e. The Morgan fingerprint density at radius 2 is 2.08 bits per heavy atom. The summed E-state index contributed by atoms with van der Waals surface area (Å²) < 4.78 is 0. The summed E-state index contributed by atoms with van der Waals surface area (Å²) in [7, 11) is 0. The molecule has 0 radical (unpaired) electrons. The van der Waals surface area contributed by atoms with Gasteiger partial charge in [0.25, 0.3) is 0 Å². The molecule has 2 fully saturated rings. The van der Waals surface area contributed by atoms with E-state index < -0.39 is 5.97 Å². The van der Waals surface area contributed by atoms with Gasteiger partial charge in [0.05, 0.1) is 6.54 Å². The zero-order chi connectivity index (χ0) is 17.8. The molecule has 25 heavy (non-hydrogen) atoms. The molecule has 2 saturated carbocycles. The minimum atomic E-state index is -0.695. The van der Waals surface area contributed by atoms with Crippen LogP contribution in [0.2, 0.25) is 0 Å². The van der Waals surface area contributed by atoms with Gasteiger partial charge in [-0.1, -0.05) is 18.2 Å². The molecule has 0 amide bonds.